The molecule has 0 fully saturated rings. The standard InChI is InChI=1S/C20H22F3NO3S/c1-14-5-3-4-6-15(14)12-28-13-19(25)24-17-11-16(20(21,22)23)7-8-18(17)27-10-9-26-2/h3-8,11H,9-10,12-13H2,1-2H3,(H,24,25). The number of methoxy groups -OCH3 is 1. The molecule has 0 aliphatic rings. The number of carbonyl (C=O) groups is 1. The van der Waals surface area contributed by atoms with Gasteiger partial charge in [-0.25, -0.2) is 0 Å². The number of carbonyl (C=O) groups excluding carboxylic acids is 1. The van der Waals surface area contributed by atoms with Gasteiger partial charge in [-0.2, -0.15) is 13.2 Å². The Hall–Kier alpha value is -2.19. The number of halogens is 3. The number of thioether (sulfide) groups is 1. The summed E-state index contributed by atoms with van der Waals surface area (Å²) in [5, 5.41) is 2.53. The topological polar surface area (TPSA) is 47.6 Å². The van der Waals surface area contributed by atoms with Crippen molar-refractivity contribution >= 4 is 23.4 Å². The Morgan fingerprint density at radius 1 is 1.14 bits per heavy atom. The molecule has 0 aromatic heterocycles. The molecule has 0 radical (unpaired) electrons. The summed E-state index contributed by atoms with van der Waals surface area (Å²) in [6, 6.07) is 10.8. The van der Waals surface area contributed by atoms with E-state index in [9.17, 15) is 18.0 Å². The molecule has 0 heterocycles. The number of nitrogens with one attached hydrogen (secondary N) is 1. The number of anilines is 1. The van der Waals surface area contributed by atoms with Gasteiger partial charge in [0.2, 0.25) is 5.91 Å². The molecular formula is C20H22F3NO3S. The predicted octanol–water partition coefficient (Wildman–Crippen LogP) is 4.91. The van der Waals surface area contributed by atoms with E-state index in [1.807, 2.05) is 31.2 Å². The van der Waals surface area contributed by atoms with Crippen molar-refractivity contribution in [1.82, 2.24) is 0 Å². The largest absolute Gasteiger partial charge is 0.489 e. The van der Waals surface area contributed by atoms with Gasteiger partial charge in [0, 0.05) is 12.9 Å². The molecule has 0 atom stereocenters. The molecule has 2 aromatic rings. The number of alkyl halides is 3. The average molecular weight is 413 g/mol. The minimum absolute atomic E-state index is 0.00702. The molecule has 1 N–H and O–H groups in total. The van der Waals surface area contributed by atoms with E-state index in [4.69, 9.17) is 9.47 Å². The zero-order chi connectivity index (χ0) is 20.6. The molecule has 0 bridgehead atoms. The lowest BCUT2D eigenvalue weighted by atomic mass is 10.1. The van der Waals surface area contributed by atoms with Gasteiger partial charge >= 0.3 is 6.18 Å². The lowest BCUT2D eigenvalue weighted by Crippen LogP contribution is -2.17. The number of ether oxygens (including phenoxy) is 2. The molecule has 2 rings (SSSR count). The van der Waals surface area contributed by atoms with E-state index in [1.54, 1.807) is 0 Å². The van der Waals surface area contributed by atoms with Crippen LogP contribution in [0.25, 0.3) is 0 Å². The number of hydrogen-bond acceptors (Lipinski definition) is 4. The number of aryl methyl sites for hydroxylation is 1. The van der Waals surface area contributed by atoms with Crippen molar-refractivity contribution < 1.29 is 27.4 Å². The van der Waals surface area contributed by atoms with E-state index in [0.29, 0.717) is 5.75 Å². The van der Waals surface area contributed by atoms with Crippen LogP contribution < -0.4 is 10.1 Å². The summed E-state index contributed by atoms with van der Waals surface area (Å²) in [6.07, 6.45) is -4.51. The Bertz CT molecular complexity index is 797. The van der Waals surface area contributed by atoms with Crippen LogP contribution in [0.15, 0.2) is 42.5 Å². The fourth-order valence-corrected chi connectivity index (χ4v) is 3.28. The van der Waals surface area contributed by atoms with Crippen LogP contribution in [0.4, 0.5) is 18.9 Å². The van der Waals surface area contributed by atoms with Crippen LogP contribution in [-0.2, 0) is 21.5 Å². The highest BCUT2D eigenvalue weighted by Crippen LogP contribution is 2.35. The second kappa shape index (κ2) is 10.4. The highest BCUT2D eigenvalue weighted by atomic mass is 32.2. The summed E-state index contributed by atoms with van der Waals surface area (Å²) >= 11 is 1.39. The second-order valence-electron chi connectivity index (χ2n) is 6.02. The summed E-state index contributed by atoms with van der Waals surface area (Å²) in [5.74, 6) is 0.527. The Balaban J connectivity index is 2.02. The normalized spacial score (nSPS) is 11.3. The first-order chi connectivity index (χ1) is 13.3. The molecule has 1 amide bonds. The zero-order valence-electron chi connectivity index (χ0n) is 15.6. The van der Waals surface area contributed by atoms with Crippen LogP contribution >= 0.6 is 11.8 Å². The van der Waals surface area contributed by atoms with Gasteiger partial charge in [-0.1, -0.05) is 24.3 Å². The molecule has 8 heteroatoms. The maximum absolute atomic E-state index is 13.0. The van der Waals surface area contributed by atoms with Gasteiger partial charge < -0.3 is 14.8 Å². The van der Waals surface area contributed by atoms with E-state index < -0.39 is 17.6 Å². The number of benzene rings is 2. The highest BCUT2D eigenvalue weighted by Gasteiger charge is 2.31. The molecule has 0 aliphatic heterocycles. The van der Waals surface area contributed by atoms with Gasteiger partial charge in [-0.3, -0.25) is 4.79 Å². The zero-order valence-corrected chi connectivity index (χ0v) is 16.5. The van der Waals surface area contributed by atoms with Crippen LogP contribution in [0.1, 0.15) is 16.7 Å². The molecule has 0 spiro atoms. The first-order valence-corrected chi connectivity index (χ1v) is 9.72. The minimum atomic E-state index is -4.51. The van der Waals surface area contributed by atoms with Crippen LogP contribution in [0.5, 0.6) is 5.75 Å². The SMILES string of the molecule is COCCOc1ccc(C(F)(F)F)cc1NC(=O)CSCc1ccccc1C. The fourth-order valence-electron chi connectivity index (χ4n) is 2.38. The van der Waals surface area contributed by atoms with E-state index in [-0.39, 0.29) is 30.4 Å². The third-order valence-corrected chi connectivity index (χ3v) is 4.86. The average Bonchev–Trinajstić information content (AvgIpc) is 2.64. The van der Waals surface area contributed by atoms with Gasteiger partial charge in [-0.15, -0.1) is 11.8 Å². The molecule has 0 saturated carbocycles. The van der Waals surface area contributed by atoms with Crippen LogP contribution in [-0.4, -0.2) is 32.0 Å². The number of rotatable bonds is 9. The third-order valence-electron chi connectivity index (χ3n) is 3.88. The van der Waals surface area contributed by atoms with Gasteiger partial charge in [0.1, 0.15) is 12.4 Å². The van der Waals surface area contributed by atoms with Gasteiger partial charge in [0.15, 0.2) is 0 Å². The molecular weight excluding hydrogens is 391 g/mol. The quantitative estimate of drug-likeness (QED) is 0.594. The number of hydrogen-bond donors (Lipinski definition) is 1. The molecule has 152 valence electrons. The van der Waals surface area contributed by atoms with Crippen molar-refractivity contribution in [3.63, 3.8) is 0 Å². The summed E-state index contributed by atoms with van der Waals surface area (Å²) in [7, 11) is 1.49. The fraction of sp³-hybridized carbons (Fsp3) is 0.350. The van der Waals surface area contributed by atoms with E-state index in [2.05, 4.69) is 5.32 Å². The molecule has 28 heavy (non-hydrogen) atoms. The van der Waals surface area contributed by atoms with Crippen molar-refractivity contribution in [1.29, 1.82) is 0 Å². The molecule has 4 nitrogen and oxygen atoms in total. The summed E-state index contributed by atoms with van der Waals surface area (Å²) < 4.78 is 49.3. The summed E-state index contributed by atoms with van der Waals surface area (Å²) in [4.78, 5) is 12.2. The van der Waals surface area contributed by atoms with E-state index in [0.717, 1.165) is 23.3 Å². The molecule has 2 aromatic carbocycles. The number of amides is 1. The van der Waals surface area contributed by atoms with Crippen LogP contribution in [0.2, 0.25) is 0 Å². The first-order valence-electron chi connectivity index (χ1n) is 8.56. The lowest BCUT2D eigenvalue weighted by molar-refractivity contribution is -0.137. The lowest BCUT2D eigenvalue weighted by Gasteiger charge is -2.15. The second-order valence-corrected chi connectivity index (χ2v) is 7.00. The van der Waals surface area contributed by atoms with Crippen LogP contribution in [0.3, 0.4) is 0 Å². The van der Waals surface area contributed by atoms with Crippen molar-refractivity contribution in [2.24, 2.45) is 0 Å². The predicted molar refractivity (Wildman–Crippen MR) is 105 cm³/mol. The van der Waals surface area contributed by atoms with Gasteiger partial charge in [-0.05, 0) is 36.2 Å². The maximum atomic E-state index is 13.0. The van der Waals surface area contributed by atoms with Gasteiger partial charge in [0.25, 0.3) is 0 Å². The van der Waals surface area contributed by atoms with Crippen LogP contribution in [0, 0.1) is 6.92 Å². The molecule has 0 unspecified atom stereocenters. The van der Waals surface area contributed by atoms with Crippen molar-refractivity contribution in [2.75, 3.05) is 31.4 Å². The summed E-state index contributed by atoms with van der Waals surface area (Å²) in [6.45, 7) is 2.43. The molecule has 0 saturated heterocycles. The summed E-state index contributed by atoms with van der Waals surface area (Å²) in [5.41, 5.74) is 1.38. The van der Waals surface area contributed by atoms with Crippen molar-refractivity contribution in [3.8, 4) is 5.75 Å². The molecule has 0 aliphatic carbocycles. The minimum Gasteiger partial charge on any atom is -0.489 e. The monoisotopic (exact) mass is 413 g/mol. The Morgan fingerprint density at radius 3 is 2.57 bits per heavy atom. The Morgan fingerprint density at radius 2 is 1.89 bits per heavy atom. The van der Waals surface area contributed by atoms with E-state index >= 15 is 0 Å². The van der Waals surface area contributed by atoms with E-state index in [1.165, 1.54) is 24.9 Å². The maximum Gasteiger partial charge on any atom is 0.416 e. The third kappa shape index (κ3) is 6.76. The highest BCUT2D eigenvalue weighted by molar-refractivity contribution is 7.99. The Labute approximate surface area is 166 Å². The smallest absolute Gasteiger partial charge is 0.416 e. The van der Waals surface area contributed by atoms with Crippen molar-refractivity contribution in [2.45, 2.75) is 18.9 Å². The van der Waals surface area contributed by atoms with Gasteiger partial charge in [0.05, 0.1) is 23.6 Å². The Kier molecular flexibility index (Phi) is 8.19. The first kappa shape index (κ1) is 22.1. The van der Waals surface area contributed by atoms with Crippen molar-refractivity contribution in [3.05, 3.63) is 59.2 Å².